The number of carbonyl (C=O) groups is 2. The molecule has 1 fully saturated rings. The lowest BCUT2D eigenvalue weighted by Gasteiger charge is -2.37. The van der Waals surface area contributed by atoms with E-state index >= 15 is 0 Å². The Labute approximate surface area is 128 Å². The van der Waals surface area contributed by atoms with Crippen molar-refractivity contribution in [3.05, 3.63) is 29.1 Å². The number of nitrogens with zero attached hydrogens (tertiary/aromatic N) is 1. The van der Waals surface area contributed by atoms with Crippen LogP contribution in [0.15, 0.2) is 12.1 Å². The van der Waals surface area contributed by atoms with Gasteiger partial charge in [0.2, 0.25) is 5.91 Å². The summed E-state index contributed by atoms with van der Waals surface area (Å²) in [5.74, 6) is -1.72. The van der Waals surface area contributed by atoms with Crippen molar-refractivity contribution in [1.29, 1.82) is 0 Å². The highest BCUT2D eigenvalue weighted by molar-refractivity contribution is 5.97. The Morgan fingerprint density at radius 1 is 1.41 bits per heavy atom. The molecule has 2 atom stereocenters. The number of amides is 1. The van der Waals surface area contributed by atoms with Gasteiger partial charge in [0.1, 0.15) is 11.6 Å². The van der Waals surface area contributed by atoms with E-state index in [1.807, 2.05) is 11.8 Å². The van der Waals surface area contributed by atoms with E-state index in [0.717, 1.165) is 18.9 Å². The van der Waals surface area contributed by atoms with Gasteiger partial charge >= 0.3 is 0 Å². The number of halogens is 1. The van der Waals surface area contributed by atoms with Gasteiger partial charge in [-0.15, -0.1) is 0 Å². The molecule has 1 aromatic rings. The van der Waals surface area contributed by atoms with Gasteiger partial charge in [-0.1, -0.05) is 0 Å². The Morgan fingerprint density at radius 3 is 2.68 bits per heavy atom. The molecule has 2 rings (SSSR count). The molecule has 6 heteroatoms. The Kier molecular flexibility index (Phi) is 4.81. The Morgan fingerprint density at radius 2 is 2.09 bits per heavy atom. The summed E-state index contributed by atoms with van der Waals surface area (Å²) in [7, 11) is 0. The molecule has 1 saturated heterocycles. The molecular weight excluding hydrogens is 287 g/mol. The van der Waals surface area contributed by atoms with Crippen LogP contribution < -0.4 is 5.73 Å². The number of phenols is 1. The van der Waals surface area contributed by atoms with Gasteiger partial charge in [0, 0.05) is 24.7 Å². The average Bonchev–Trinajstić information content (AvgIpc) is 2.44. The zero-order valence-electron chi connectivity index (χ0n) is 12.8. The summed E-state index contributed by atoms with van der Waals surface area (Å²) in [5.41, 5.74) is 5.69. The summed E-state index contributed by atoms with van der Waals surface area (Å²) in [5, 5.41) is 10.2. The fraction of sp³-hybridized carbons (Fsp3) is 0.500. The lowest BCUT2D eigenvalue weighted by Crippen LogP contribution is -2.45. The summed E-state index contributed by atoms with van der Waals surface area (Å²) in [6, 6.07) is 2.45. The number of likely N-dealkylation sites (tertiary alicyclic amines) is 1. The molecule has 0 aromatic heterocycles. The van der Waals surface area contributed by atoms with E-state index in [9.17, 15) is 19.1 Å². The van der Waals surface area contributed by atoms with Crippen LogP contribution in [0.4, 0.5) is 4.39 Å². The maximum Gasteiger partial charge on any atom is 0.221 e. The molecule has 1 aliphatic heterocycles. The number of nitrogens with two attached hydrogens (primary N) is 1. The standard InChI is InChI=1S/C16H21FN2O3/c1-9-3-4-11(16(18)22)7-19(9)8-12-5-13(17)6-14(10(2)20)15(12)21/h5-6,9,11,21H,3-4,7-8H2,1-2H3,(H2,18,22)/t9-,11+/m0/s1. The zero-order valence-corrected chi connectivity index (χ0v) is 12.8. The van der Waals surface area contributed by atoms with E-state index in [-0.39, 0.29) is 41.5 Å². The first-order valence-electron chi connectivity index (χ1n) is 7.35. The highest BCUT2D eigenvalue weighted by Gasteiger charge is 2.29. The molecule has 22 heavy (non-hydrogen) atoms. The second kappa shape index (κ2) is 6.44. The van der Waals surface area contributed by atoms with E-state index in [1.54, 1.807) is 0 Å². The van der Waals surface area contributed by atoms with E-state index in [0.29, 0.717) is 12.1 Å². The number of phenolic OH excluding ortho intramolecular Hbond substituents is 1. The predicted octanol–water partition coefficient (Wildman–Crippen LogP) is 1.82. The number of ketones is 1. The molecule has 0 radical (unpaired) electrons. The molecule has 1 amide bonds. The Bertz CT molecular complexity index is 603. The first kappa shape index (κ1) is 16.4. The zero-order chi connectivity index (χ0) is 16.4. The Balaban J connectivity index is 2.25. The number of benzene rings is 1. The highest BCUT2D eigenvalue weighted by atomic mass is 19.1. The van der Waals surface area contributed by atoms with Gasteiger partial charge in [-0.25, -0.2) is 4.39 Å². The summed E-state index contributed by atoms with van der Waals surface area (Å²) in [4.78, 5) is 24.8. The maximum absolute atomic E-state index is 13.7. The van der Waals surface area contributed by atoms with Crippen LogP contribution in [0.1, 0.15) is 42.6 Å². The van der Waals surface area contributed by atoms with Gasteiger partial charge in [0.25, 0.3) is 0 Å². The first-order chi connectivity index (χ1) is 10.3. The number of piperidine rings is 1. The fourth-order valence-corrected chi connectivity index (χ4v) is 2.90. The SMILES string of the molecule is CC(=O)c1cc(F)cc(CN2C[C@H](C(N)=O)CC[C@@H]2C)c1O. The van der Waals surface area contributed by atoms with Crippen molar-refractivity contribution < 1.29 is 19.1 Å². The summed E-state index contributed by atoms with van der Waals surface area (Å²) >= 11 is 0. The number of Topliss-reactive ketones (excluding diaryl/α,β-unsaturated/α-hetero) is 1. The van der Waals surface area contributed by atoms with Crippen LogP contribution in [-0.4, -0.2) is 34.3 Å². The number of carbonyl (C=O) groups excluding carboxylic acids is 2. The van der Waals surface area contributed by atoms with Crippen LogP contribution in [0.2, 0.25) is 0 Å². The van der Waals surface area contributed by atoms with Crippen LogP contribution in [0.25, 0.3) is 0 Å². The number of aromatic hydroxyl groups is 1. The largest absolute Gasteiger partial charge is 0.507 e. The molecule has 1 aliphatic rings. The van der Waals surface area contributed by atoms with Gasteiger partial charge in [-0.05, 0) is 38.8 Å². The van der Waals surface area contributed by atoms with Gasteiger partial charge in [-0.3, -0.25) is 14.5 Å². The lowest BCUT2D eigenvalue weighted by atomic mass is 9.92. The third kappa shape index (κ3) is 3.44. The molecule has 5 nitrogen and oxygen atoms in total. The van der Waals surface area contributed by atoms with Crippen LogP contribution in [-0.2, 0) is 11.3 Å². The minimum atomic E-state index is -0.561. The van der Waals surface area contributed by atoms with E-state index in [1.165, 1.54) is 13.0 Å². The lowest BCUT2D eigenvalue weighted by molar-refractivity contribution is -0.124. The van der Waals surface area contributed by atoms with Gasteiger partial charge in [-0.2, -0.15) is 0 Å². The van der Waals surface area contributed by atoms with E-state index in [2.05, 4.69) is 0 Å². The number of hydrogen-bond donors (Lipinski definition) is 2. The average molecular weight is 308 g/mol. The smallest absolute Gasteiger partial charge is 0.221 e. The minimum absolute atomic E-state index is 0.0221. The monoisotopic (exact) mass is 308 g/mol. The van der Waals surface area contributed by atoms with Gasteiger partial charge in [0.05, 0.1) is 11.5 Å². The third-order valence-corrected chi connectivity index (χ3v) is 4.32. The first-order valence-corrected chi connectivity index (χ1v) is 7.35. The van der Waals surface area contributed by atoms with Crippen LogP contribution in [0.5, 0.6) is 5.75 Å². The number of primary amides is 1. The molecular formula is C16H21FN2O3. The predicted molar refractivity (Wildman–Crippen MR) is 79.9 cm³/mol. The van der Waals surface area contributed by atoms with Gasteiger partial charge in [0.15, 0.2) is 5.78 Å². The molecule has 1 heterocycles. The van der Waals surface area contributed by atoms with Crippen molar-refractivity contribution in [3.63, 3.8) is 0 Å². The fourth-order valence-electron chi connectivity index (χ4n) is 2.90. The number of rotatable bonds is 4. The molecule has 3 N–H and O–H groups in total. The molecule has 0 unspecified atom stereocenters. The quantitative estimate of drug-likeness (QED) is 0.831. The molecule has 0 aliphatic carbocycles. The highest BCUT2D eigenvalue weighted by Crippen LogP contribution is 2.29. The van der Waals surface area contributed by atoms with E-state index in [4.69, 9.17) is 5.73 Å². The topological polar surface area (TPSA) is 83.6 Å². The molecule has 0 spiro atoms. The van der Waals surface area contributed by atoms with Crippen molar-refractivity contribution in [1.82, 2.24) is 4.90 Å². The second-order valence-corrected chi connectivity index (χ2v) is 5.97. The van der Waals surface area contributed by atoms with Crippen molar-refractivity contribution in [2.75, 3.05) is 6.54 Å². The minimum Gasteiger partial charge on any atom is -0.507 e. The summed E-state index contributed by atoms with van der Waals surface area (Å²) in [6.45, 7) is 4.04. The van der Waals surface area contributed by atoms with Crippen molar-refractivity contribution in [3.8, 4) is 5.75 Å². The van der Waals surface area contributed by atoms with Crippen molar-refractivity contribution >= 4 is 11.7 Å². The number of hydrogen-bond acceptors (Lipinski definition) is 4. The van der Waals surface area contributed by atoms with Gasteiger partial charge < -0.3 is 10.8 Å². The van der Waals surface area contributed by atoms with Crippen molar-refractivity contribution in [2.45, 2.75) is 39.3 Å². The van der Waals surface area contributed by atoms with Crippen molar-refractivity contribution in [2.24, 2.45) is 11.7 Å². The Hall–Kier alpha value is -1.95. The van der Waals surface area contributed by atoms with Crippen LogP contribution in [0, 0.1) is 11.7 Å². The second-order valence-electron chi connectivity index (χ2n) is 5.97. The molecule has 1 aromatic carbocycles. The molecule has 0 saturated carbocycles. The summed E-state index contributed by atoms with van der Waals surface area (Å²) in [6.07, 6.45) is 1.55. The normalized spacial score (nSPS) is 22.5. The third-order valence-electron chi connectivity index (χ3n) is 4.32. The maximum atomic E-state index is 13.7. The van der Waals surface area contributed by atoms with Crippen LogP contribution in [0.3, 0.4) is 0 Å². The molecule has 0 bridgehead atoms. The van der Waals surface area contributed by atoms with Crippen LogP contribution >= 0.6 is 0 Å². The summed E-state index contributed by atoms with van der Waals surface area (Å²) < 4.78 is 13.7. The van der Waals surface area contributed by atoms with E-state index < -0.39 is 5.82 Å². The molecule has 120 valence electrons.